The van der Waals surface area contributed by atoms with Gasteiger partial charge in [0.05, 0.1) is 37.3 Å². The molecule has 6 rings (SSSR count). The van der Waals surface area contributed by atoms with Gasteiger partial charge in [0.1, 0.15) is 5.75 Å². The van der Waals surface area contributed by atoms with Crippen molar-refractivity contribution in [2.75, 3.05) is 21.2 Å². The molecule has 1 saturated carbocycles. The highest BCUT2D eigenvalue weighted by molar-refractivity contribution is 7.80. The third kappa shape index (κ3) is 6.09. The first-order valence-electron chi connectivity index (χ1n) is 15.5. The van der Waals surface area contributed by atoms with Crippen LogP contribution < -0.4 is 14.8 Å². The molecule has 1 aliphatic carbocycles. The Kier molecular flexibility index (Phi) is 8.70. The minimum atomic E-state index is -1.41. The Morgan fingerprint density at radius 2 is 1.91 bits per heavy atom. The van der Waals surface area contributed by atoms with E-state index >= 15 is 0 Å². The van der Waals surface area contributed by atoms with Crippen LogP contribution in [0.4, 0.5) is 0 Å². The molecule has 0 spiro atoms. The molecular formula is C35H42N6O3S. The van der Waals surface area contributed by atoms with E-state index in [1.54, 1.807) is 30.2 Å². The van der Waals surface area contributed by atoms with Crippen LogP contribution >= 0.6 is 0 Å². The lowest BCUT2D eigenvalue weighted by atomic mass is 9.81. The van der Waals surface area contributed by atoms with Gasteiger partial charge in [0.25, 0.3) is 0 Å². The van der Waals surface area contributed by atoms with E-state index in [0.717, 1.165) is 57.9 Å². The first-order valence-corrected chi connectivity index (χ1v) is 16.6. The number of rotatable bonds is 9. The molecule has 1 aliphatic heterocycles. The average Bonchev–Trinajstić information content (AvgIpc) is 3.47. The third-order valence-electron chi connectivity index (χ3n) is 9.00. The fourth-order valence-electron chi connectivity index (χ4n) is 6.74. The Hall–Kier alpha value is -4.15. The van der Waals surface area contributed by atoms with Crippen LogP contribution in [0, 0.1) is 6.92 Å². The summed E-state index contributed by atoms with van der Waals surface area (Å²) in [5, 5.41) is 8.76. The van der Waals surface area contributed by atoms with Crippen LogP contribution in [-0.4, -0.2) is 50.0 Å². The van der Waals surface area contributed by atoms with Crippen molar-refractivity contribution in [2.45, 2.75) is 58.0 Å². The maximum atomic E-state index is 13.9. The molecule has 1 unspecified atom stereocenters. The van der Waals surface area contributed by atoms with Crippen LogP contribution in [-0.2, 0) is 36.1 Å². The van der Waals surface area contributed by atoms with Crippen molar-refractivity contribution in [2.24, 2.45) is 7.05 Å². The molecule has 4 aromatic rings. The molecule has 3 heterocycles. The van der Waals surface area contributed by atoms with Gasteiger partial charge in [-0.2, -0.15) is 5.10 Å². The summed E-state index contributed by atoms with van der Waals surface area (Å²) in [7, 11) is 7.07. The second-order valence-corrected chi connectivity index (χ2v) is 13.7. The second kappa shape index (κ2) is 12.7. The van der Waals surface area contributed by atoms with Crippen LogP contribution in [0.25, 0.3) is 33.9 Å². The van der Waals surface area contributed by atoms with Crippen molar-refractivity contribution in [3.05, 3.63) is 82.7 Å². The van der Waals surface area contributed by atoms with E-state index < -0.39 is 11.2 Å². The standard InChI is InChI=1S/C35H42N6O3S/c1-22-16-28(40(5)37-22)20-36-35(42)27-17-26-18-29(44-6)13-15-30(26)34-33(24-10-8-7-9-11-24)31-14-12-25(19-32(31)41(34)21-27)23(2)38-45(43)39(3)4/h12-19,24,38H,2,7-11,20-21H2,1,3-6H3,(H,36,42). The predicted molar refractivity (Wildman–Crippen MR) is 182 cm³/mol. The van der Waals surface area contributed by atoms with Gasteiger partial charge in [-0.1, -0.05) is 38.0 Å². The number of hydrogen-bond donors (Lipinski definition) is 2. The SMILES string of the molecule is C=C(NS(=O)N(C)C)c1ccc2c(C3CCCCC3)c3n(c2c1)CC(C(=O)NCc1cc(C)nn1C)=Cc1cc(OC)ccc1-3. The number of carbonyl (C=O) groups excluding carboxylic acids is 1. The van der Waals surface area contributed by atoms with Gasteiger partial charge in [0.2, 0.25) is 5.91 Å². The molecule has 2 aromatic heterocycles. The molecule has 10 heteroatoms. The molecule has 0 radical (unpaired) electrons. The molecule has 236 valence electrons. The highest BCUT2D eigenvalue weighted by Crippen LogP contribution is 2.47. The third-order valence-corrected chi connectivity index (χ3v) is 10.1. The Balaban J connectivity index is 1.50. The number of hydrogen-bond acceptors (Lipinski definition) is 4. The molecule has 9 nitrogen and oxygen atoms in total. The Bertz CT molecular complexity index is 1840. The molecule has 45 heavy (non-hydrogen) atoms. The minimum Gasteiger partial charge on any atom is -0.497 e. The van der Waals surface area contributed by atoms with Crippen LogP contribution in [0.3, 0.4) is 0 Å². The van der Waals surface area contributed by atoms with E-state index in [0.29, 0.717) is 30.3 Å². The zero-order chi connectivity index (χ0) is 31.8. The molecule has 2 aliphatic rings. The molecule has 2 aromatic carbocycles. The maximum absolute atomic E-state index is 13.9. The summed E-state index contributed by atoms with van der Waals surface area (Å²) in [5.74, 6) is 1.04. The lowest BCUT2D eigenvalue weighted by Crippen LogP contribution is -2.27. The lowest BCUT2D eigenvalue weighted by Gasteiger charge is -2.24. The quantitative estimate of drug-likeness (QED) is 0.245. The first-order chi connectivity index (χ1) is 21.6. The molecule has 0 bridgehead atoms. The Labute approximate surface area is 267 Å². The zero-order valence-corrected chi connectivity index (χ0v) is 27.6. The number of fused-ring (bicyclic) bond motifs is 5. The van der Waals surface area contributed by atoms with Crippen LogP contribution in [0.1, 0.15) is 66.1 Å². The molecule has 1 amide bonds. The number of nitrogens with one attached hydrogen (secondary N) is 2. The average molecular weight is 627 g/mol. The van der Waals surface area contributed by atoms with E-state index in [1.165, 1.54) is 30.2 Å². The van der Waals surface area contributed by atoms with Gasteiger partial charge in [-0.3, -0.25) is 14.2 Å². The second-order valence-electron chi connectivity index (χ2n) is 12.3. The predicted octanol–water partition coefficient (Wildman–Crippen LogP) is 5.82. The van der Waals surface area contributed by atoms with E-state index in [9.17, 15) is 9.00 Å². The largest absolute Gasteiger partial charge is 0.497 e. The molecule has 0 saturated heterocycles. The molecule has 1 atom stereocenters. The van der Waals surface area contributed by atoms with Crippen LogP contribution in [0.15, 0.2) is 54.6 Å². The van der Waals surface area contributed by atoms with Crippen molar-refractivity contribution in [3.63, 3.8) is 0 Å². The van der Waals surface area contributed by atoms with Gasteiger partial charge in [0, 0.05) is 54.4 Å². The molecule has 2 N–H and O–H groups in total. The van der Waals surface area contributed by atoms with E-state index in [4.69, 9.17) is 4.74 Å². The number of nitrogens with zero attached hydrogens (tertiary/aromatic N) is 4. The van der Waals surface area contributed by atoms with Gasteiger partial charge in [-0.05, 0) is 73.2 Å². The number of methoxy groups -OCH3 is 1. The van der Waals surface area contributed by atoms with Crippen LogP contribution in [0.2, 0.25) is 0 Å². The number of amides is 1. The number of aryl methyl sites for hydroxylation is 2. The van der Waals surface area contributed by atoms with E-state index in [2.05, 4.69) is 50.5 Å². The summed E-state index contributed by atoms with van der Waals surface area (Å²) >= 11 is -1.41. The van der Waals surface area contributed by atoms with E-state index in [1.807, 2.05) is 38.2 Å². The summed E-state index contributed by atoms with van der Waals surface area (Å²) in [6.07, 6.45) is 7.97. The topological polar surface area (TPSA) is 93.4 Å². The van der Waals surface area contributed by atoms with Gasteiger partial charge in [0.15, 0.2) is 11.2 Å². The number of carbonyl (C=O) groups is 1. The minimum absolute atomic E-state index is 0.125. The fourth-order valence-corrected chi connectivity index (χ4v) is 7.25. The summed E-state index contributed by atoms with van der Waals surface area (Å²) in [5.41, 5.74) is 9.53. The summed E-state index contributed by atoms with van der Waals surface area (Å²) in [4.78, 5) is 13.9. The summed E-state index contributed by atoms with van der Waals surface area (Å²) < 4.78 is 26.9. The highest BCUT2D eigenvalue weighted by Gasteiger charge is 2.30. The Morgan fingerprint density at radius 1 is 1.13 bits per heavy atom. The fraction of sp³-hybridized carbons (Fsp3) is 0.371. The van der Waals surface area contributed by atoms with Gasteiger partial charge in [-0.25, -0.2) is 8.51 Å². The first kappa shape index (κ1) is 30.9. The smallest absolute Gasteiger partial charge is 0.249 e. The van der Waals surface area contributed by atoms with Crippen molar-refractivity contribution in [1.82, 2.24) is 28.7 Å². The van der Waals surface area contributed by atoms with Gasteiger partial charge in [-0.15, -0.1) is 0 Å². The summed E-state index contributed by atoms with van der Waals surface area (Å²) in [6.45, 7) is 6.93. The number of ether oxygens (including phenoxy) is 1. The maximum Gasteiger partial charge on any atom is 0.249 e. The van der Waals surface area contributed by atoms with E-state index in [-0.39, 0.29) is 5.91 Å². The van der Waals surface area contributed by atoms with Crippen molar-refractivity contribution in [1.29, 1.82) is 0 Å². The van der Waals surface area contributed by atoms with Crippen molar-refractivity contribution >= 4 is 39.8 Å². The molecule has 1 fully saturated rings. The van der Waals surface area contributed by atoms with Crippen LogP contribution in [0.5, 0.6) is 5.75 Å². The zero-order valence-electron chi connectivity index (χ0n) is 26.8. The van der Waals surface area contributed by atoms with Crippen molar-refractivity contribution < 1.29 is 13.7 Å². The summed E-state index contributed by atoms with van der Waals surface area (Å²) in [6, 6.07) is 14.5. The monoisotopic (exact) mass is 626 g/mol. The van der Waals surface area contributed by atoms with Gasteiger partial charge < -0.3 is 14.6 Å². The number of aromatic nitrogens is 3. The normalized spacial score (nSPS) is 15.6. The van der Waals surface area contributed by atoms with Gasteiger partial charge >= 0.3 is 0 Å². The van der Waals surface area contributed by atoms with Crippen molar-refractivity contribution in [3.8, 4) is 17.0 Å². The highest BCUT2D eigenvalue weighted by atomic mass is 32.2. The molecular weight excluding hydrogens is 584 g/mol. The number of benzene rings is 2. The lowest BCUT2D eigenvalue weighted by molar-refractivity contribution is -0.117. The Morgan fingerprint density at radius 3 is 2.60 bits per heavy atom.